The summed E-state index contributed by atoms with van der Waals surface area (Å²) in [5.41, 5.74) is 0.422. The minimum atomic E-state index is 0.345. The SMILES string of the molecule is CCCCCCCC(CCCC)CN1CCC2(CC1)CN(C(=O)CNC(CCCCC)CCCCCCC)C2. The molecule has 2 heterocycles. The van der Waals surface area contributed by atoms with Crippen molar-refractivity contribution in [1.29, 1.82) is 0 Å². The minimum absolute atomic E-state index is 0.345. The fourth-order valence-corrected chi connectivity index (χ4v) is 7.01. The van der Waals surface area contributed by atoms with Gasteiger partial charge in [-0.2, -0.15) is 0 Å². The van der Waals surface area contributed by atoms with Crippen LogP contribution in [0.5, 0.6) is 0 Å². The van der Waals surface area contributed by atoms with Crippen LogP contribution in [0.3, 0.4) is 0 Å². The van der Waals surface area contributed by atoms with Crippen molar-refractivity contribution in [3.8, 4) is 0 Å². The highest BCUT2D eigenvalue weighted by atomic mass is 16.2. The van der Waals surface area contributed by atoms with E-state index in [1.807, 2.05) is 0 Å². The zero-order valence-corrected chi connectivity index (χ0v) is 27.0. The number of carbonyl (C=O) groups excluding carboxylic acids is 1. The van der Waals surface area contributed by atoms with E-state index in [4.69, 9.17) is 0 Å². The van der Waals surface area contributed by atoms with Crippen molar-refractivity contribution in [3.63, 3.8) is 0 Å². The fourth-order valence-electron chi connectivity index (χ4n) is 7.01. The van der Waals surface area contributed by atoms with Crippen molar-refractivity contribution in [1.82, 2.24) is 15.1 Å². The lowest BCUT2D eigenvalue weighted by atomic mass is 9.71. The largest absolute Gasteiger partial charge is 0.340 e. The molecule has 230 valence electrons. The third-order valence-electron chi connectivity index (χ3n) is 9.87. The highest BCUT2D eigenvalue weighted by Gasteiger charge is 2.46. The highest BCUT2D eigenvalue weighted by molar-refractivity contribution is 5.79. The van der Waals surface area contributed by atoms with Crippen LogP contribution in [0.1, 0.15) is 163 Å². The van der Waals surface area contributed by atoms with Gasteiger partial charge in [-0.1, -0.05) is 124 Å². The molecule has 0 aromatic rings. The van der Waals surface area contributed by atoms with Crippen LogP contribution in [0.15, 0.2) is 0 Å². The van der Waals surface area contributed by atoms with E-state index in [1.54, 1.807) is 0 Å². The van der Waals surface area contributed by atoms with Crippen LogP contribution in [-0.2, 0) is 4.79 Å². The first-order chi connectivity index (χ1) is 19.1. The number of hydrogen-bond acceptors (Lipinski definition) is 3. The van der Waals surface area contributed by atoms with E-state index >= 15 is 0 Å². The Labute approximate surface area is 244 Å². The summed E-state index contributed by atoms with van der Waals surface area (Å²) in [6, 6.07) is 0.521. The van der Waals surface area contributed by atoms with Crippen LogP contribution < -0.4 is 5.32 Å². The Bertz CT molecular complexity index is 593. The van der Waals surface area contributed by atoms with Gasteiger partial charge in [0.05, 0.1) is 6.54 Å². The van der Waals surface area contributed by atoms with Gasteiger partial charge in [0.25, 0.3) is 0 Å². The fraction of sp³-hybridized carbons (Fsp3) is 0.971. The molecular formula is C35H69N3O. The molecule has 2 fully saturated rings. The molecule has 4 heteroatoms. The third kappa shape index (κ3) is 14.2. The molecule has 4 nitrogen and oxygen atoms in total. The second kappa shape index (κ2) is 21.1. The van der Waals surface area contributed by atoms with Gasteiger partial charge in [0.2, 0.25) is 5.91 Å². The summed E-state index contributed by atoms with van der Waals surface area (Å²) >= 11 is 0. The van der Waals surface area contributed by atoms with Gasteiger partial charge in [-0.05, 0) is 57.5 Å². The van der Waals surface area contributed by atoms with Crippen LogP contribution >= 0.6 is 0 Å². The Kier molecular flexibility index (Phi) is 18.8. The number of amides is 1. The Morgan fingerprint density at radius 3 is 1.74 bits per heavy atom. The molecule has 2 rings (SSSR count). The number of nitrogens with one attached hydrogen (secondary N) is 1. The minimum Gasteiger partial charge on any atom is -0.340 e. The summed E-state index contributed by atoms with van der Waals surface area (Å²) < 4.78 is 0. The Balaban J connectivity index is 1.67. The molecule has 1 spiro atoms. The van der Waals surface area contributed by atoms with E-state index in [9.17, 15) is 4.79 Å². The highest BCUT2D eigenvalue weighted by Crippen LogP contribution is 2.40. The number of nitrogens with zero attached hydrogens (tertiary/aromatic N) is 2. The van der Waals surface area contributed by atoms with Crippen LogP contribution in [0.2, 0.25) is 0 Å². The molecular weight excluding hydrogens is 478 g/mol. The Hall–Kier alpha value is -0.610. The molecule has 0 aliphatic carbocycles. The van der Waals surface area contributed by atoms with Crippen LogP contribution in [0.25, 0.3) is 0 Å². The molecule has 39 heavy (non-hydrogen) atoms. The number of carbonyl (C=O) groups is 1. The van der Waals surface area contributed by atoms with Crippen LogP contribution in [0.4, 0.5) is 0 Å². The van der Waals surface area contributed by atoms with Gasteiger partial charge < -0.3 is 15.1 Å². The van der Waals surface area contributed by atoms with Crippen molar-refractivity contribution in [2.24, 2.45) is 11.3 Å². The average Bonchev–Trinajstić information content (AvgIpc) is 2.93. The van der Waals surface area contributed by atoms with E-state index in [1.165, 1.54) is 154 Å². The lowest BCUT2D eigenvalue weighted by Gasteiger charge is -2.54. The Morgan fingerprint density at radius 2 is 1.15 bits per heavy atom. The molecule has 2 saturated heterocycles. The quantitative estimate of drug-likeness (QED) is 0.122. The maximum atomic E-state index is 13.0. The lowest BCUT2D eigenvalue weighted by molar-refractivity contribution is -0.146. The smallest absolute Gasteiger partial charge is 0.236 e. The van der Waals surface area contributed by atoms with Crippen molar-refractivity contribution in [2.75, 3.05) is 39.3 Å². The van der Waals surface area contributed by atoms with Crippen LogP contribution in [-0.4, -0.2) is 61.0 Å². The summed E-state index contributed by atoms with van der Waals surface area (Å²) in [5, 5.41) is 3.68. The average molecular weight is 548 g/mol. The molecule has 0 radical (unpaired) electrons. The maximum Gasteiger partial charge on any atom is 0.236 e. The van der Waals surface area contributed by atoms with Crippen molar-refractivity contribution >= 4 is 5.91 Å². The molecule has 0 aromatic heterocycles. The first-order valence-corrected chi connectivity index (χ1v) is 17.8. The summed E-state index contributed by atoms with van der Waals surface area (Å²) in [7, 11) is 0. The molecule has 0 bridgehead atoms. The van der Waals surface area contributed by atoms with E-state index in [0.29, 0.717) is 23.9 Å². The number of rotatable bonds is 24. The molecule has 2 aliphatic heterocycles. The number of hydrogen-bond donors (Lipinski definition) is 1. The predicted molar refractivity (Wildman–Crippen MR) is 170 cm³/mol. The maximum absolute atomic E-state index is 13.0. The van der Waals surface area contributed by atoms with E-state index in [2.05, 4.69) is 42.8 Å². The van der Waals surface area contributed by atoms with E-state index in [-0.39, 0.29) is 0 Å². The van der Waals surface area contributed by atoms with Crippen LogP contribution in [0, 0.1) is 11.3 Å². The number of piperidine rings is 1. The topological polar surface area (TPSA) is 35.6 Å². The molecule has 1 amide bonds. The van der Waals surface area contributed by atoms with Gasteiger partial charge in [0.15, 0.2) is 0 Å². The zero-order chi connectivity index (χ0) is 28.2. The van der Waals surface area contributed by atoms with Gasteiger partial charge in [-0.15, -0.1) is 0 Å². The normalized spacial score (nSPS) is 18.8. The van der Waals surface area contributed by atoms with Crippen molar-refractivity contribution < 1.29 is 4.79 Å². The van der Waals surface area contributed by atoms with Gasteiger partial charge in [0, 0.05) is 31.1 Å². The second-order valence-electron chi connectivity index (χ2n) is 13.5. The summed E-state index contributed by atoms with van der Waals surface area (Å²) in [5.74, 6) is 1.24. The molecule has 2 aliphatic rings. The predicted octanol–water partition coefficient (Wildman–Crippen LogP) is 8.98. The zero-order valence-electron chi connectivity index (χ0n) is 27.0. The van der Waals surface area contributed by atoms with Crippen molar-refractivity contribution in [3.05, 3.63) is 0 Å². The first-order valence-electron chi connectivity index (χ1n) is 17.8. The monoisotopic (exact) mass is 548 g/mol. The summed E-state index contributed by atoms with van der Waals surface area (Å²) in [6.07, 6.45) is 28.2. The number of unbranched alkanes of at least 4 members (excludes halogenated alkanes) is 11. The summed E-state index contributed by atoms with van der Waals surface area (Å²) in [4.78, 5) is 18.0. The van der Waals surface area contributed by atoms with Gasteiger partial charge in [-0.25, -0.2) is 0 Å². The first kappa shape index (κ1) is 34.6. The third-order valence-corrected chi connectivity index (χ3v) is 9.87. The summed E-state index contributed by atoms with van der Waals surface area (Å²) in [6.45, 7) is 15.6. The standard InChI is InChI=1S/C35H69N3O/c1-5-9-13-15-18-21-32(20-12-8-4)29-37-26-24-35(25-27-37)30-38(31-35)34(39)28-36-33(22-17-11-7-3)23-19-16-14-10-6-2/h32-33,36H,5-31H2,1-4H3. The van der Waals surface area contributed by atoms with Gasteiger partial charge in [-0.3, -0.25) is 4.79 Å². The molecule has 1 N–H and O–H groups in total. The Morgan fingerprint density at radius 1 is 0.667 bits per heavy atom. The molecule has 0 aromatic carbocycles. The van der Waals surface area contributed by atoms with Gasteiger partial charge >= 0.3 is 0 Å². The lowest BCUT2D eigenvalue weighted by Crippen LogP contribution is -2.63. The number of likely N-dealkylation sites (tertiary alicyclic amines) is 2. The van der Waals surface area contributed by atoms with E-state index < -0.39 is 0 Å². The molecule has 2 unspecified atom stereocenters. The molecule has 0 saturated carbocycles. The van der Waals surface area contributed by atoms with Gasteiger partial charge in [0.1, 0.15) is 0 Å². The molecule has 2 atom stereocenters. The second-order valence-corrected chi connectivity index (χ2v) is 13.5. The van der Waals surface area contributed by atoms with Crippen molar-refractivity contribution in [2.45, 2.75) is 169 Å². The van der Waals surface area contributed by atoms with E-state index in [0.717, 1.165) is 19.0 Å².